The Hall–Kier alpha value is -1.43. The summed E-state index contributed by atoms with van der Waals surface area (Å²) in [6, 6.07) is 0. The smallest absolute Gasteiger partial charge is 0.340 e. The molecule has 7 heteroatoms. The van der Waals surface area contributed by atoms with Crippen LogP contribution in [0.25, 0.3) is 0 Å². The maximum absolute atomic E-state index is 12.6. The average Bonchev–Trinajstić information content (AvgIpc) is 2.21. The van der Waals surface area contributed by atoms with Gasteiger partial charge in [-0.25, -0.2) is 13.6 Å². The predicted octanol–water partition coefficient (Wildman–Crippen LogP) is 2.14. The first kappa shape index (κ1) is 12.6. The third kappa shape index (κ3) is 2.38. The van der Waals surface area contributed by atoms with Gasteiger partial charge in [-0.2, -0.15) is 0 Å². The number of nitrogens with one attached hydrogen (secondary N) is 1. The lowest BCUT2D eigenvalue weighted by Gasteiger charge is -2.08. The fourth-order valence-corrected chi connectivity index (χ4v) is 1.35. The first-order valence-electron chi connectivity index (χ1n) is 4.35. The highest BCUT2D eigenvalue weighted by atomic mass is 35.5. The first-order valence-corrected chi connectivity index (χ1v) is 4.73. The van der Waals surface area contributed by atoms with Crippen LogP contribution in [-0.4, -0.2) is 17.6 Å². The highest BCUT2D eigenvalue weighted by Crippen LogP contribution is 2.27. The fourth-order valence-electron chi connectivity index (χ4n) is 1.11. The van der Waals surface area contributed by atoms with Crippen molar-refractivity contribution in [2.45, 2.75) is 13.3 Å². The monoisotopic (exact) mass is 251 g/mol. The Morgan fingerprint density at radius 3 is 2.75 bits per heavy atom. The molecular formula is C9H8ClF2NO3. The number of hydrogen-bond acceptors (Lipinski definition) is 3. The van der Waals surface area contributed by atoms with Crippen molar-refractivity contribution in [3.63, 3.8) is 0 Å². The second-order valence-electron chi connectivity index (χ2n) is 2.78. The first-order chi connectivity index (χ1) is 7.49. The third-order valence-corrected chi connectivity index (χ3v) is 2.16. The molecule has 1 heterocycles. The maximum Gasteiger partial charge on any atom is 0.340 e. The second-order valence-corrected chi connectivity index (χ2v) is 3.16. The molecule has 4 nitrogen and oxygen atoms in total. The molecule has 88 valence electrons. The van der Waals surface area contributed by atoms with Gasteiger partial charge in [0.15, 0.2) is 0 Å². The standard InChI is InChI=1S/C9H8ClF2NO3/c1-2-16-9(15)4-3-13-8(14)6(10)5(4)7(11)12/h3,7H,2H2,1H3,(H,13,14). The van der Waals surface area contributed by atoms with E-state index in [4.69, 9.17) is 11.6 Å². The van der Waals surface area contributed by atoms with E-state index >= 15 is 0 Å². The van der Waals surface area contributed by atoms with Crippen molar-refractivity contribution in [2.75, 3.05) is 6.61 Å². The molecule has 0 atom stereocenters. The Kier molecular flexibility index (Phi) is 4.00. The lowest BCUT2D eigenvalue weighted by atomic mass is 10.1. The predicted molar refractivity (Wildman–Crippen MR) is 53.0 cm³/mol. The fraction of sp³-hybridized carbons (Fsp3) is 0.333. The van der Waals surface area contributed by atoms with E-state index in [1.807, 2.05) is 0 Å². The van der Waals surface area contributed by atoms with E-state index in [9.17, 15) is 18.4 Å². The SMILES string of the molecule is CCOC(=O)c1c[nH]c(=O)c(Cl)c1C(F)F. The van der Waals surface area contributed by atoms with E-state index in [1.54, 1.807) is 0 Å². The Balaban J connectivity index is 3.34. The van der Waals surface area contributed by atoms with Crippen molar-refractivity contribution in [2.24, 2.45) is 0 Å². The largest absolute Gasteiger partial charge is 0.462 e. The maximum atomic E-state index is 12.6. The Labute approximate surface area is 94.2 Å². The van der Waals surface area contributed by atoms with Crippen molar-refractivity contribution < 1.29 is 18.3 Å². The Bertz CT molecular complexity index is 459. The van der Waals surface area contributed by atoms with Gasteiger partial charge in [0.1, 0.15) is 5.02 Å². The summed E-state index contributed by atoms with van der Waals surface area (Å²) in [7, 11) is 0. The number of pyridine rings is 1. The van der Waals surface area contributed by atoms with Crippen LogP contribution in [0.3, 0.4) is 0 Å². The molecule has 0 bridgehead atoms. The molecule has 1 rings (SSSR count). The van der Waals surface area contributed by atoms with E-state index in [1.165, 1.54) is 6.92 Å². The van der Waals surface area contributed by atoms with Crippen molar-refractivity contribution in [1.29, 1.82) is 0 Å². The summed E-state index contributed by atoms with van der Waals surface area (Å²) in [6.45, 7) is 1.57. The lowest BCUT2D eigenvalue weighted by molar-refractivity contribution is 0.0515. The molecule has 0 radical (unpaired) electrons. The van der Waals surface area contributed by atoms with Gasteiger partial charge in [-0.1, -0.05) is 11.6 Å². The molecule has 0 fully saturated rings. The zero-order chi connectivity index (χ0) is 12.3. The van der Waals surface area contributed by atoms with Gasteiger partial charge in [0.2, 0.25) is 0 Å². The molecule has 16 heavy (non-hydrogen) atoms. The van der Waals surface area contributed by atoms with Gasteiger partial charge in [0, 0.05) is 6.20 Å². The number of carbonyl (C=O) groups is 1. The minimum atomic E-state index is -3.02. The number of aromatic nitrogens is 1. The molecule has 1 aromatic rings. The van der Waals surface area contributed by atoms with E-state index in [-0.39, 0.29) is 6.61 Å². The number of alkyl halides is 2. The molecule has 0 saturated carbocycles. The molecule has 0 aromatic carbocycles. The van der Waals surface area contributed by atoms with Crippen molar-refractivity contribution in [1.82, 2.24) is 4.98 Å². The zero-order valence-corrected chi connectivity index (χ0v) is 8.98. The number of carbonyl (C=O) groups excluding carboxylic acids is 1. The van der Waals surface area contributed by atoms with E-state index < -0.39 is 34.1 Å². The summed E-state index contributed by atoms with van der Waals surface area (Å²) in [6.07, 6.45) is -2.15. The normalized spacial score (nSPS) is 10.6. The molecule has 1 N–H and O–H groups in total. The molecule has 0 unspecified atom stereocenters. The lowest BCUT2D eigenvalue weighted by Crippen LogP contribution is -2.16. The van der Waals surface area contributed by atoms with E-state index in [0.717, 1.165) is 6.20 Å². The van der Waals surface area contributed by atoms with Gasteiger partial charge in [-0.15, -0.1) is 0 Å². The van der Waals surface area contributed by atoms with Crippen molar-refractivity contribution >= 4 is 17.6 Å². The van der Waals surface area contributed by atoms with Gasteiger partial charge in [0.25, 0.3) is 12.0 Å². The van der Waals surface area contributed by atoms with Crippen LogP contribution >= 0.6 is 11.6 Å². The number of halogens is 3. The minimum Gasteiger partial charge on any atom is -0.462 e. The molecule has 0 spiro atoms. The summed E-state index contributed by atoms with van der Waals surface area (Å²) < 4.78 is 29.8. The zero-order valence-electron chi connectivity index (χ0n) is 8.22. The van der Waals surface area contributed by atoms with Crippen LogP contribution in [0.2, 0.25) is 5.02 Å². The second kappa shape index (κ2) is 5.07. The molecule has 0 aliphatic carbocycles. The highest BCUT2D eigenvalue weighted by molar-refractivity contribution is 6.31. The summed E-state index contributed by atoms with van der Waals surface area (Å²) in [4.78, 5) is 24.4. The van der Waals surface area contributed by atoms with Gasteiger partial charge in [-0.3, -0.25) is 4.79 Å². The number of aromatic amines is 1. The quantitative estimate of drug-likeness (QED) is 0.838. The number of hydrogen-bond donors (Lipinski definition) is 1. The average molecular weight is 252 g/mol. The summed E-state index contributed by atoms with van der Waals surface area (Å²) >= 11 is 5.41. The van der Waals surface area contributed by atoms with Crippen LogP contribution in [0.15, 0.2) is 11.0 Å². The summed E-state index contributed by atoms with van der Waals surface area (Å²) in [5.41, 5.74) is -2.10. The number of rotatable bonds is 3. The van der Waals surface area contributed by atoms with Crippen LogP contribution in [0.5, 0.6) is 0 Å². The topological polar surface area (TPSA) is 59.2 Å². The Morgan fingerprint density at radius 2 is 2.25 bits per heavy atom. The number of esters is 1. The third-order valence-electron chi connectivity index (χ3n) is 1.79. The van der Waals surface area contributed by atoms with Crippen LogP contribution in [-0.2, 0) is 4.74 Å². The van der Waals surface area contributed by atoms with Gasteiger partial charge in [0.05, 0.1) is 17.7 Å². The van der Waals surface area contributed by atoms with Gasteiger partial charge in [-0.05, 0) is 6.92 Å². The van der Waals surface area contributed by atoms with Crippen LogP contribution < -0.4 is 5.56 Å². The van der Waals surface area contributed by atoms with Crippen LogP contribution in [0.4, 0.5) is 8.78 Å². The summed E-state index contributed by atoms with van der Waals surface area (Å²) in [5.74, 6) is -0.948. The molecule has 0 saturated heterocycles. The number of H-pyrrole nitrogens is 1. The number of ether oxygens (including phenoxy) is 1. The van der Waals surface area contributed by atoms with Crippen LogP contribution in [0.1, 0.15) is 29.3 Å². The van der Waals surface area contributed by atoms with Crippen molar-refractivity contribution in [3.05, 3.63) is 32.7 Å². The van der Waals surface area contributed by atoms with Gasteiger partial charge < -0.3 is 9.72 Å². The van der Waals surface area contributed by atoms with Gasteiger partial charge >= 0.3 is 5.97 Å². The Morgan fingerprint density at radius 1 is 1.62 bits per heavy atom. The molecule has 0 amide bonds. The molecule has 0 aliphatic heterocycles. The van der Waals surface area contributed by atoms with Crippen LogP contribution in [0, 0.1) is 0 Å². The molecule has 1 aromatic heterocycles. The van der Waals surface area contributed by atoms with E-state index in [0.29, 0.717) is 0 Å². The van der Waals surface area contributed by atoms with Crippen molar-refractivity contribution in [3.8, 4) is 0 Å². The molecular weight excluding hydrogens is 244 g/mol. The molecule has 0 aliphatic rings. The summed E-state index contributed by atoms with van der Waals surface area (Å²) in [5, 5.41) is -0.694. The minimum absolute atomic E-state index is 0.0399. The van der Waals surface area contributed by atoms with E-state index in [2.05, 4.69) is 9.72 Å². The highest BCUT2D eigenvalue weighted by Gasteiger charge is 2.24.